The molecule has 1 unspecified atom stereocenters. The molecule has 1 aliphatic heterocycles. The molecule has 1 saturated carbocycles. The predicted molar refractivity (Wildman–Crippen MR) is 66.4 cm³/mol. The molecule has 98 valence electrons. The van der Waals surface area contributed by atoms with Gasteiger partial charge in [-0.05, 0) is 19.3 Å². The van der Waals surface area contributed by atoms with Gasteiger partial charge in [-0.15, -0.1) is 0 Å². The first kappa shape index (κ1) is 11.7. The number of hydrogen-bond donors (Lipinski definition) is 2. The summed E-state index contributed by atoms with van der Waals surface area (Å²) in [5, 5.41) is 6.58. The van der Waals surface area contributed by atoms with Crippen LogP contribution in [0.25, 0.3) is 0 Å². The van der Waals surface area contributed by atoms with Crippen LogP contribution in [-0.2, 0) is 11.3 Å². The fourth-order valence-electron chi connectivity index (χ4n) is 2.05. The molecule has 1 aromatic heterocycles. The van der Waals surface area contributed by atoms with Crippen LogP contribution in [0.4, 0.5) is 5.82 Å². The number of anilines is 1. The number of nitrogens with zero attached hydrogens (tertiary/aromatic N) is 2. The Morgan fingerprint density at radius 3 is 3.11 bits per heavy atom. The van der Waals surface area contributed by atoms with Gasteiger partial charge in [0.05, 0.1) is 12.7 Å². The minimum atomic E-state index is -0.306. The summed E-state index contributed by atoms with van der Waals surface area (Å²) < 4.78 is 10.9. The molecule has 0 saturated heterocycles. The zero-order valence-corrected chi connectivity index (χ0v) is 10.5. The number of aromatic nitrogens is 2. The fraction of sp³-hybridized carbons (Fsp3) is 0.667. The van der Waals surface area contributed by atoms with E-state index in [1.165, 1.54) is 19.3 Å². The van der Waals surface area contributed by atoms with Gasteiger partial charge in [0.15, 0.2) is 0 Å². The number of methoxy groups -OCH3 is 1. The van der Waals surface area contributed by atoms with Crippen molar-refractivity contribution in [3.8, 4) is 5.88 Å². The van der Waals surface area contributed by atoms with Crippen LogP contribution >= 0.6 is 0 Å². The summed E-state index contributed by atoms with van der Waals surface area (Å²) in [6, 6.07) is 0.541. The smallest absolute Gasteiger partial charge is 0.241 e. The van der Waals surface area contributed by atoms with Crippen molar-refractivity contribution in [3.63, 3.8) is 0 Å². The quantitative estimate of drug-likeness (QED) is 0.830. The second kappa shape index (κ2) is 5.07. The van der Waals surface area contributed by atoms with E-state index in [-0.39, 0.29) is 6.29 Å². The van der Waals surface area contributed by atoms with Crippen molar-refractivity contribution in [2.45, 2.75) is 38.1 Å². The van der Waals surface area contributed by atoms with E-state index in [9.17, 15) is 0 Å². The molecule has 3 rings (SSSR count). The molecule has 0 radical (unpaired) electrons. The highest BCUT2D eigenvalue weighted by Crippen LogP contribution is 2.24. The second-order valence-electron chi connectivity index (χ2n) is 4.69. The van der Waals surface area contributed by atoms with Crippen molar-refractivity contribution < 1.29 is 9.47 Å². The van der Waals surface area contributed by atoms with E-state index in [0.717, 1.165) is 11.5 Å². The molecule has 6 heteroatoms. The van der Waals surface area contributed by atoms with Gasteiger partial charge in [0.25, 0.3) is 0 Å². The summed E-state index contributed by atoms with van der Waals surface area (Å²) in [7, 11) is 1.63. The molecule has 1 atom stereocenters. The van der Waals surface area contributed by atoms with Crippen LogP contribution < -0.4 is 15.4 Å². The molecule has 18 heavy (non-hydrogen) atoms. The molecule has 1 fully saturated rings. The van der Waals surface area contributed by atoms with Crippen LogP contribution in [0.5, 0.6) is 5.88 Å². The molecule has 2 aliphatic rings. The van der Waals surface area contributed by atoms with Gasteiger partial charge in [-0.25, -0.2) is 0 Å². The molecule has 2 N–H and O–H groups in total. The zero-order valence-electron chi connectivity index (χ0n) is 10.5. The molecule has 6 nitrogen and oxygen atoms in total. The van der Waals surface area contributed by atoms with E-state index in [1.54, 1.807) is 13.3 Å². The molecular formula is C12H18N4O2. The largest absolute Gasteiger partial charge is 0.445 e. The van der Waals surface area contributed by atoms with Crippen LogP contribution in [0.15, 0.2) is 6.20 Å². The Kier molecular flexibility index (Phi) is 3.29. The van der Waals surface area contributed by atoms with Crippen LogP contribution in [0.1, 0.15) is 25.0 Å². The highest BCUT2D eigenvalue weighted by atomic mass is 16.7. The Hall–Kier alpha value is -1.40. The number of hydrogen-bond acceptors (Lipinski definition) is 6. The highest BCUT2D eigenvalue weighted by Gasteiger charge is 2.21. The van der Waals surface area contributed by atoms with Crippen LogP contribution in [0.2, 0.25) is 0 Å². The van der Waals surface area contributed by atoms with Crippen molar-refractivity contribution in [2.24, 2.45) is 0 Å². The molecule has 0 spiro atoms. The molecule has 0 bridgehead atoms. The Morgan fingerprint density at radius 1 is 1.50 bits per heavy atom. The number of nitrogens with one attached hydrogen (secondary N) is 2. The number of rotatable bonds is 3. The lowest BCUT2D eigenvalue weighted by molar-refractivity contribution is -0.0502. The van der Waals surface area contributed by atoms with E-state index in [0.29, 0.717) is 25.0 Å². The minimum Gasteiger partial charge on any atom is -0.445 e. The topological polar surface area (TPSA) is 68.3 Å². The standard InChI is InChI=1S/C12H18N4O2/c1-17-11-7-13-5-9-12(18-11)16-10(6-14-9)15-8-3-2-4-8/h6,8,11,13H,2-5,7H2,1H3,(H,15,16). The molecule has 0 amide bonds. The normalized spacial score (nSPS) is 23.5. The maximum absolute atomic E-state index is 5.68. The van der Waals surface area contributed by atoms with Crippen LogP contribution in [0.3, 0.4) is 0 Å². The van der Waals surface area contributed by atoms with E-state index in [1.807, 2.05) is 0 Å². The van der Waals surface area contributed by atoms with Gasteiger partial charge in [-0.3, -0.25) is 4.98 Å². The maximum atomic E-state index is 5.68. The minimum absolute atomic E-state index is 0.306. The van der Waals surface area contributed by atoms with Gasteiger partial charge in [-0.2, -0.15) is 4.98 Å². The van der Waals surface area contributed by atoms with Gasteiger partial charge in [0, 0.05) is 19.7 Å². The van der Waals surface area contributed by atoms with Crippen molar-refractivity contribution in [3.05, 3.63) is 11.9 Å². The first-order chi connectivity index (χ1) is 8.85. The SMILES string of the molecule is COC1CNCc2ncc(NC3CCC3)nc2O1. The summed E-state index contributed by atoms with van der Waals surface area (Å²) in [4.78, 5) is 8.87. The maximum Gasteiger partial charge on any atom is 0.241 e. The first-order valence-corrected chi connectivity index (χ1v) is 6.38. The summed E-state index contributed by atoms with van der Waals surface area (Å²) in [6.07, 6.45) is 5.18. The second-order valence-corrected chi connectivity index (χ2v) is 4.69. The summed E-state index contributed by atoms with van der Waals surface area (Å²) in [6.45, 7) is 1.30. The third-order valence-corrected chi connectivity index (χ3v) is 3.38. The van der Waals surface area contributed by atoms with E-state index in [4.69, 9.17) is 9.47 Å². The highest BCUT2D eigenvalue weighted by molar-refractivity contribution is 5.38. The number of fused-ring (bicyclic) bond motifs is 1. The lowest BCUT2D eigenvalue weighted by Gasteiger charge is -2.27. The van der Waals surface area contributed by atoms with E-state index >= 15 is 0 Å². The van der Waals surface area contributed by atoms with Crippen molar-refractivity contribution in [2.75, 3.05) is 19.0 Å². The third kappa shape index (κ3) is 2.39. The Morgan fingerprint density at radius 2 is 2.39 bits per heavy atom. The zero-order chi connectivity index (χ0) is 12.4. The van der Waals surface area contributed by atoms with Crippen LogP contribution in [0, 0.1) is 0 Å². The molecular weight excluding hydrogens is 232 g/mol. The average Bonchev–Trinajstić information content (AvgIpc) is 2.54. The fourth-order valence-corrected chi connectivity index (χ4v) is 2.05. The molecule has 1 aromatic rings. The van der Waals surface area contributed by atoms with Gasteiger partial charge >= 0.3 is 0 Å². The van der Waals surface area contributed by atoms with Crippen LogP contribution in [-0.4, -0.2) is 36.0 Å². The van der Waals surface area contributed by atoms with Crippen molar-refractivity contribution in [1.82, 2.24) is 15.3 Å². The monoisotopic (exact) mass is 250 g/mol. The lowest BCUT2D eigenvalue weighted by atomic mass is 9.93. The van der Waals surface area contributed by atoms with Gasteiger partial charge in [0.1, 0.15) is 11.5 Å². The lowest BCUT2D eigenvalue weighted by Crippen LogP contribution is -2.30. The molecule has 1 aliphatic carbocycles. The van der Waals surface area contributed by atoms with Gasteiger partial charge in [-0.1, -0.05) is 0 Å². The average molecular weight is 250 g/mol. The van der Waals surface area contributed by atoms with E-state index in [2.05, 4.69) is 20.6 Å². The van der Waals surface area contributed by atoms with Gasteiger partial charge in [0.2, 0.25) is 12.2 Å². The predicted octanol–water partition coefficient (Wildman–Crippen LogP) is 0.895. The summed E-state index contributed by atoms with van der Waals surface area (Å²) >= 11 is 0. The Labute approximate surface area is 106 Å². The van der Waals surface area contributed by atoms with Crippen molar-refractivity contribution >= 4 is 5.82 Å². The van der Waals surface area contributed by atoms with Gasteiger partial charge < -0.3 is 20.1 Å². The first-order valence-electron chi connectivity index (χ1n) is 6.38. The molecule has 0 aromatic carbocycles. The summed E-state index contributed by atoms with van der Waals surface area (Å²) in [5.41, 5.74) is 0.828. The Balaban J connectivity index is 1.77. The van der Waals surface area contributed by atoms with E-state index < -0.39 is 0 Å². The summed E-state index contributed by atoms with van der Waals surface area (Å²) in [5.74, 6) is 1.35. The Bertz CT molecular complexity index is 423. The molecule has 2 heterocycles. The third-order valence-electron chi connectivity index (χ3n) is 3.38. The number of ether oxygens (including phenoxy) is 2. The van der Waals surface area contributed by atoms with Crippen molar-refractivity contribution in [1.29, 1.82) is 0 Å².